The monoisotopic (exact) mass is 470 g/mol. The molecule has 1 aliphatic rings. The number of ketones is 1. The van der Waals surface area contributed by atoms with Gasteiger partial charge in [0.15, 0.2) is 11.6 Å². The highest BCUT2D eigenvalue weighted by Crippen LogP contribution is 2.33. The molecule has 0 N–H and O–H groups in total. The summed E-state index contributed by atoms with van der Waals surface area (Å²) < 4.78 is 32.2. The van der Waals surface area contributed by atoms with Gasteiger partial charge in [-0.15, -0.1) is 11.8 Å². The highest BCUT2D eigenvalue weighted by Gasteiger charge is 2.26. The minimum Gasteiger partial charge on any atom is -0.490 e. The van der Waals surface area contributed by atoms with Crippen molar-refractivity contribution in [2.45, 2.75) is 74.1 Å². The molecule has 0 aromatic heterocycles. The van der Waals surface area contributed by atoms with Crippen LogP contribution in [0, 0.1) is 17.6 Å². The molecule has 1 aromatic carbocycles. The lowest BCUT2D eigenvalue weighted by Gasteiger charge is -2.25. The van der Waals surface area contributed by atoms with E-state index in [-0.39, 0.29) is 29.6 Å². The van der Waals surface area contributed by atoms with Crippen LogP contribution in [-0.2, 0) is 11.2 Å². The van der Waals surface area contributed by atoms with Gasteiger partial charge in [-0.2, -0.15) is 0 Å². The molecule has 0 saturated heterocycles. The molecule has 1 atom stereocenters. The zero-order chi connectivity index (χ0) is 25.5. The molecule has 32 heavy (non-hydrogen) atoms. The van der Waals surface area contributed by atoms with Crippen molar-refractivity contribution in [1.29, 1.82) is 0 Å². The van der Waals surface area contributed by atoms with Crippen molar-refractivity contribution < 1.29 is 18.3 Å². The molecule has 0 radical (unpaired) electrons. The fourth-order valence-corrected chi connectivity index (χ4v) is 3.04. The van der Waals surface area contributed by atoms with Crippen LogP contribution in [0.5, 0.6) is 5.75 Å². The molecule has 0 bridgehead atoms. The number of carbonyl (C=O) groups excluding carboxylic acids is 1. The molecular formula is C27H44F2O2S. The highest BCUT2D eigenvalue weighted by molar-refractivity contribution is 8.02. The predicted octanol–water partition coefficient (Wildman–Crippen LogP) is 8.96. The summed E-state index contributed by atoms with van der Waals surface area (Å²) in [6.07, 6.45) is 9.60. The quantitative estimate of drug-likeness (QED) is 0.372. The van der Waals surface area contributed by atoms with E-state index in [0.29, 0.717) is 19.3 Å². The summed E-state index contributed by atoms with van der Waals surface area (Å²) in [6, 6.07) is 2.17. The Bertz CT molecular complexity index is 670. The summed E-state index contributed by atoms with van der Waals surface area (Å²) in [5.41, 5.74) is 0.260. The molecular weight excluding hydrogens is 426 g/mol. The molecule has 0 spiro atoms. The van der Waals surface area contributed by atoms with Gasteiger partial charge in [0.2, 0.25) is 0 Å². The van der Waals surface area contributed by atoms with E-state index in [1.54, 1.807) is 17.8 Å². The average molecular weight is 471 g/mol. The van der Waals surface area contributed by atoms with Crippen LogP contribution in [0.2, 0.25) is 0 Å². The molecule has 1 unspecified atom stereocenters. The van der Waals surface area contributed by atoms with Crippen molar-refractivity contribution in [3.05, 3.63) is 65.6 Å². The van der Waals surface area contributed by atoms with Crippen LogP contribution in [0.25, 0.3) is 0 Å². The molecule has 0 aliphatic carbocycles. The third-order valence-electron chi connectivity index (χ3n) is 3.88. The molecule has 0 saturated carbocycles. The Morgan fingerprint density at radius 2 is 1.69 bits per heavy atom. The summed E-state index contributed by atoms with van der Waals surface area (Å²) >= 11 is 1.67. The summed E-state index contributed by atoms with van der Waals surface area (Å²) in [6.45, 7) is 21.4. The Balaban J connectivity index is -0.000000507. The van der Waals surface area contributed by atoms with Crippen molar-refractivity contribution in [1.82, 2.24) is 0 Å². The van der Waals surface area contributed by atoms with Crippen molar-refractivity contribution in [2.24, 2.45) is 5.92 Å². The number of Topliss-reactive ketones (excluding diaryl/α,β-unsaturated/α-hetero) is 1. The standard InChI is InChI=1S/C14H16F2O2.C7H10S.3C2H6/c1-2-3-10(17)6-9-7-11-12(15)4-5-13(16)14(11)18-8-9;1-4-6-7(5-2)8-3;3*1-2/h4-5,9H,2-3,6-8H2,1H3;4-6H,1-2H2,3H3;3*1-2H3/b;7-6+;;;. The van der Waals surface area contributed by atoms with E-state index in [9.17, 15) is 13.6 Å². The van der Waals surface area contributed by atoms with E-state index in [4.69, 9.17) is 4.74 Å². The van der Waals surface area contributed by atoms with Crippen LogP contribution in [0.3, 0.4) is 0 Å². The number of ether oxygens (including phenoxy) is 1. The van der Waals surface area contributed by atoms with Crippen LogP contribution in [-0.4, -0.2) is 18.6 Å². The van der Waals surface area contributed by atoms with Crippen molar-refractivity contribution >= 4 is 17.5 Å². The van der Waals surface area contributed by atoms with Crippen LogP contribution >= 0.6 is 11.8 Å². The first-order chi connectivity index (χ1) is 15.5. The highest BCUT2D eigenvalue weighted by atomic mass is 32.2. The molecule has 2 nitrogen and oxygen atoms in total. The number of rotatable bonds is 7. The first kappa shape index (κ1) is 34.7. The van der Waals surface area contributed by atoms with Gasteiger partial charge in [-0.05, 0) is 37.3 Å². The third kappa shape index (κ3) is 14.2. The molecule has 0 fully saturated rings. The summed E-state index contributed by atoms with van der Waals surface area (Å²) in [4.78, 5) is 12.7. The van der Waals surface area contributed by atoms with Crippen LogP contribution in [0.1, 0.15) is 73.3 Å². The SMILES string of the molecule is C=C/C=C(\C=C)SC.CC.CC.CC.CCCC(=O)CC1COc2c(F)ccc(F)c2C1. The Kier molecular flexibility index (Phi) is 25.8. The number of hydrogen-bond acceptors (Lipinski definition) is 3. The number of thioether (sulfide) groups is 1. The smallest absolute Gasteiger partial charge is 0.165 e. The molecule has 2 rings (SSSR count). The Morgan fingerprint density at radius 3 is 2.12 bits per heavy atom. The zero-order valence-corrected chi connectivity index (χ0v) is 22.2. The second kappa shape index (κ2) is 23.8. The van der Waals surface area contributed by atoms with Gasteiger partial charge >= 0.3 is 0 Å². The van der Waals surface area contributed by atoms with E-state index in [0.717, 1.165) is 23.5 Å². The lowest BCUT2D eigenvalue weighted by molar-refractivity contribution is -0.120. The summed E-state index contributed by atoms with van der Waals surface area (Å²) in [5, 5.41) is 0. The van der Waals surface area contributed by atoms with Crippen LogP contribution in [0.15, 0.2) is 48.4 Å². The summed E-state index contributed by atoms with van der Waals surface area (Å²) in [7, 11) is 0. The van der Waals surface area contributed by atoms with Crippen molar-refractivity contribution in [3.63, 3.8) is 0 Å². The molecule has 0 amide bonds. The van der Waals surface area contributed by atoms with E-state index in [1.807, 2.05) is 66.9 Å². The summed E-state index contributed by atoms with van der Waals surface area (Å²) in [5.74, 6) is -0.878. The third-order valence-corrected chi connectivity index (χ3v) is 4.65. The average Bonchev–Trinajstić information content (AvgIpc) is 2.84. The minimum absolute atomic E-state index is 0.00851. The fraction of sp³-hybridized carbons (Fsp3) is 0.519. The number of benzene rings is 1. The molecule has 1 heterocycles. The van der Waals surface area contributed by atoms with Crippen LogP contribution in [0.4, 0.5) is 8.78 Å². The normalized spacial score (nSPS) is 13.4. The first-order valence-corrected chi connectivity index (χ1v) is 12.8. The molecule has 184 valence electrons. The largest absolute Gasteiger partial charge is 0.490 e. The molecule has 5 heteroatoms. The number of hydrogen-bond donors (Lipinski definition) is 0. The second-order valence-electron chi connectivity index (χ2n) is 5.92. The van der Waals surface area contributed by atoms with E-state index in [2.05, 4.69) is 13.2 Å². The maximum Gasteiger partial charge on any atom is 0.165 e. The molecule has 1 aromatic rings. The lowest BCUT2D eigenvalue weighted by atomic mass is 9.91. The Morgan fingerprint density at radius 1 is 1.12 bits per heavy atom. The van der Waals surface area contributed by atoms with Crippen molar-refractivity contribution in [3.8, 4) is 5.75 Å². The van der Waals surface area contributed by atoms with Gasteiger partial charge in [-0.25, -0.2) is 8.78 Å². The number of carbonyl (C=O) groups is 1. The fourth-order valence-electron chi connectivity index (χ4n) is 2.64. The van der Waals surface area contributed by atoms with Gasteiger partial charge in [0.1, 0.15) is 11.6 Å². The Hall–Kier alpha value is -1.88. The Labute approximate surface area is 200 Å². The predicted molar refractivity (Wildman–Crippen MR) is 140 cm³/mol. The minimum atomic E-state index is -0.537. The van der Waals surface area contributed by atoms with Gasteiger partial charge in [-0.3, -0.25) is 4.79 Å². The van der Waals surface area contributed by atoms with Gasteiger partial charge in [-0.1, -0.05) is 73.8 Å². The van der Waals surface area contributed by atoms with E-state index >= 15 is 0 Å². The van der Waals surface area contributed by atoms with E-state index in [1.165, 1.54) is 0 Å². The maximum absolute atomic E-state index is 13.6. The lowest BCUT2D eigenvalue weighted by Crippen LogP contribution is -2.25. The van der Waals surface area contributed by atoms with E-state index < -0.39 is 11.6 Å². The molecule has 1 aliphatic heterocycles. The van der Waals surface area contributed by atoms with Crippen molar-refractivity contribution in [2.75, 3.05) is 12.9 Å². The van der Waals surface area contributed by atoms with Gasteiger partial charge in [0.05, 0.1) is 6.61 Å². The topological polar surface area (TPSA) is 26.3 Å². The van der Waals surface area contributed by atoms with Gasteiger partial charge < -0.3 is 4.74 Å². The number of halogens is 2. The van der Waals surface area contributed by atoms with Gasteiger partial charge in [0, 0.05) is 29.2 Å². The van der Waals surface area contributed by atoms with Crippen LogP contribution < -0.4 is 4.74 Å². The zero-order valence-electron chi connectivity index (χ0n) is 21.4. The maximum atomic E-state index is 13.6. The van der Waals surface area contributed by atoms with Gasteiger partial charge in [0.25, 0.3) is 0 Å². The number of allylic oxidation sites excluding steroid dienone is 3. The first-order valence-electron chi connectivity index (χ1n) is 11.6. The number of fused-ring (bicyclic) bond motifs is 1. The second-order valence-corrected chi connectivity index (χ2v) is 6.80.